The predicted molar refractivity (Wildman–Crippen MR) is 112 cm³/mol. The van der Waals surface area contributed by atoms with Gasteiger partial charge in [-0.3, -0.25) is 9.78 Å². The lowest BCUT2D eigenvalue weighted by Gasteiger charge is -2.20. The zero-order valence-electron chi connectivity index (χ0n) is 15.8. The molecule has 2 aromatic rings. The number of nitrogens with one attached hydrogen (secondary N) is 2. The third kappa shape index (κ3) is 5.13. The number of aromatic amines is 1. The molecule has 2 heterocycles. The molecule has 8 heteroatoms. The molecule has 1 fully saturated rings. The highest BCUT2D eigenvalue weighted by Crippen LogP contribution is 2.24. The van der Waals surface area contributed by atoms with Crippen molar-refractivity contribution in [3.05, 3.63) is 57.5 Å². The molecule has 0 atom stereocenters. The van der Waals surface area contributed by atoms with E-state index in [-0.39, 0.29) is 17.4 Å². The Hall–Kier alpha value is -2.35. The zero-order valence-corrected chi connectivity index (χ0v) is 16.6. The van der Waals surface area contributed by atoms with Gasteiger partial charge in [-0.15, -0.1) is 11.6 Å². The molecule has 0 saturated carbocycles. The van der Waals surface area contributed by atoms with Gasteiger partial charge in [-0.25, -0.2) is 4.98 Å². The molecular formula is C20H25ClN4O3. The van der Waals surface area contributed by atoms with Gasteiger partial charge in [-0.2, -0.15) is 0 Å². The largest absolute Gasteiger partial charge is 0.385 e. The van der Waals surface area contributed by atoms with Crippen LogP contribution in [0.5, 0.6) is 0 Å². The van der Waals surface area contributed by atoms with Crippen molar-refractivity contribution < 1.29 is 9.47 Å². The van der Waals surface area contributed by atoms with E-state index in [0.717, 1.165) is 24.2 Å². The van der Waals surface area contributed by atoms with Crippen LogP contribution in [0.4, 0.5) is 11.6 Å². The second kappa shape index (κ2) is 9.23. The summed E-state index contributed by atoms with van der Waals surface area (Å²) >= 11 is 5.96. The van der Waals surface area contributed by atoms with E-state index in [4.69, 9.17) is 26.8 Å². The Morgan fingerprint density at radius 2 is 2.04 bits per heavy atom. The van der Waals surface area contributed by atoms with Crippen molar-refractivity contribution in [2.24, 2.45) is 0 Å². The molecule has 1 aliphatic heterocycles. The molecule has 150 valence electrons. The number of nitrogens with two attached hydrogens (primary N) is 1. The molecule has 0 radical (unpaired) electrons. The van der Waals surface area contributed by atoms with Crippen LogP contribution >= 0.6 is 11.6 Å². The fraction of sp³-hybridized carbons (Fsp3) is 0.400. The van der Waals surface area contributed by atoms with E-state index in [2.05, 4.69) is 15.3 Å². The first kappa shape index (κ1) is 20.4. The van der Waals surface area contributed by atoms with Crippen molar-refractivity contribution in [2.75, 3.05) is 36.7 Å². The lowest BCUT2D eigenvalue weighted by molar-refractivity contribution is -0.0959. The fourth-order valence-corrected chi connectivity index (χ4v) is 3.29. The molecule has 28 heavy (non-hydrogen) atoms. The first-order chi connectivity index (χ1) is 13.5. The van der Waals surface area contributed by atoms with Gasteiger partial charge >= 0.3 is 0 Å². The number of H-pyrrole nitrogens is 1. The van der Waals surface area contributed by atoms with Gasteiger partial charge in [0.1, 0.15) is 0 Å². The topological polar surface area (TPSA) is 102 Å². The fourth-order valence-electron chi connectivity index (χ4n) is 3.05. The van der Waals surface area contributed by atoms with Gasteiger partial charge in [0.05, 0.1) is 19.1 Å². The lowest BCUT2D eigenvalue weighted by atomic mass is 10.1. The third-order valence-corrected chi connectivity index (χ3v) is 4.95. The minimum atomic E-state index is -0.814. The summed E-state index contributed by atoms with van der Waals surface area (Å²) in [6, 6.07) is 8.03. The number of nitrogens with zero attached hydrogens (tertiary/aromatic N) is 1. The Morgan fingerprint density at radius 1 is 1.32 bits per heavy atom. The number of nitrogen functional groups attached to an aromatic ring is 1. The molecule has 1 aromatic carbocycles. The highest BCUT2D eigenvalue weighted by molar-refractivity contribution is 6.18. The predicted octanol–water partition coefficient (Wildman–Crippen LogP) is 2.70. The molecule has 1 aromatic heterocycles. The first-order valence-electron chi connectivity index (χ1n) is 9.24. The highest BCUT2D eigenvalue weighted by atomic mass is 35.5. The van der Waals surface area contributed by atoms with Gasteiger partial charge in [0.15, 0.2) is 0 Å². The molecule has 0 spiro atoms. The number of benzene rings is 1. The van der Waals surface area contributed by atoms with E-state index in [1.54, 1.807) is 6.92 Å². The summed E-state index contributed by atoms with van der Waals surface area (Å²) in [5.74, 6) is -0.401. The number of hydrogen-bond acceptors (Lipinski definition) is 6. The molecule has 7 nitrogen and oxygen atoms in total. The van der Waals surface area contributed by atoms with E-state index in [1.807, 2.05) is 36.4 Å². The Labute approximate surface area is 168 Å². The Morgan fingerprint density at radius 3 is 2.68 bits per heavy atom. The van der Waals surface area contributed by atoms with E-state index in [9.17, 15) is 4.79 Å². The summed E-state index contributed by atoms with van der Waals surface area (Å²) in [4.78, 5) is 18.6. The zero-order chi connectivity index (χ0) is 20.0. The summed E-state index contributed by atoms with van der Waals surface area (Å²) in [7, 11) is 0. The van der Waals surface area contributed by atoms with Gasteiger partial charge in [0.25, 0.3) is 5.56 Å². The standard InChI is InChI=1S/C20H25ClN4O3/c1-14-17(18(26)25-19(22)24-14)3-2-10-23-16-6-4-15(5-7-16)8-9-20(13-21)27-11-12-28-20/h4-9,23H,2-3,10-13H2,1H3,(H3,22,24,25,26)/b9-8-. The number of halogens is 1. The lowest BCUT2D eigenvalue weighted by Crippen LogP contribution is -2.29. The van der Waals surface area contributed by atoms with Crippen LogP contribution in [-0.2, 0) is 15.9 Å². The van der Waals surface area contributed by atoms with E-state index in [0.29, 0.717) is 30.9 Å². The van der Waals surface area contributed by atoms with Crippen LogP contribution in [0.15, 0.2) is 35.1 Å². The highest BCUT2D eigenvalue weighted by Gasteiger charge is 2.32. The van der Waals surface area contributed by atoms with E-state index >= 15 is 0 Å². The van der Waals surface area contributed by atoms with Crippen molar-refractivity contribution >= 4 is 29.3 Å². The molecule has 0 amide bonds. The maximum atomic E-state index is 11.9. The van der Waals surface area contributed by atoms with Gasteiger partial charge in [-0.1, -0.05) is 18.2 Å². The van der Waals surface area contributed by atoms with Gasteiger partial charge < -0.3 is 20.5 Å². The molecular weight excluding hydrogens is 380 g/mol. The van der Waals surface area contributed by atoms with Crippen molar-refractivity contribution in [3.8, 4) is 0 Å². The Balaban J connectivity index is 1.49. The summed E-state index contributed by atoms with van der Waals surface area (Å²) in [6.45, 7) is 3.65. The monoisotopic (exact) mass is 404 g/mol. The third-order valence-electron chi connectivity index (χ3n) is 4.58. The normalized spacial score (nSPS) is 15.9. The van der Waals surface area contributed by atoms with Crippen molar-refractivity contribution in [2.45, 2.75) is 25.6 Å². The second-order valence-electron chi connectivity index (χ2n) is 6.64. The summed E-state index contributed by atoms with van der Waals surface area (Å²) < 4.78 is 11.1. The van der Waals surface area contributed by atoms with Crippen LogP contribution < -0.4 is 16.6 Å². The van der Waals surface area contributed by atoms with Crippen LogP contribution in [0.1, 0.15) is 23.2 Å². The number of aryl methyl sites for hydroxylation is 1. The second-order valence-corrected chi connectivity index (χ2v) is 6.91. The average Bonchev–Trinajstić information content (AvgIpc) is 3.15. The van der Waals surface area contributed by atoms with Crippen molar-refractivity contribution in [1.29, 1.82) is 0 Å². The smallest absolute Gasteiger partial charge is 0.255 e. The van der Waals surface area contributed by atoms with Crippen LogP contribution in [-0.4, -0.2) is 41.4 Å². The van der Waals surface area contributed by atoms with E-state index in [1.165, 1.54) is 0 Å². The van der Waals surface area contributed by atoms with Gasteiger partial charge in [0.2, 0.25) is 11.7 Å². The average molecular weight is 405 g/mol. The quantitative estimate of drug-likeness (QED) is 0.461. The molecule has 0 aliphatic carbocycles. The first-order valence-corrected chi connectivity index (χ1v) is 9.77. The number of hydrogen-bond donors (Lipinski definition) is 3. The van der Waals surface area contributed by atoms with Crippen molar-refractivity contribution in [1.82, 2.24) is 9.97 Å². The summed E-state index contributed by atoms with van der Waals surface area (Å²) in [5, 5.41) is 3.36. The summed E-state index contributed by atoms with van der Waals surface area (Å²) in [6.07, 6.45) is 5.25. The summed E-state index contributed by atoms with van der Waals surface area (Å²) in [5.41, 5.74) is 8.79. The minimum absolute atomic E-state index is 0.154. The molecule has 1 saturated heterocycles. The molecule has 1 aliphatic rings. The number of alkyl halides is 1. The maximum Gasteiger partial charge on any atom is 0.255 e. The van der Waals surface area contributed by atoms with Crippen LogP contribution in [0, 0.1) is 6.92 Å². The van der Waals surface area contributed by atoms with Gasteiger partial charge in [0, 0.05) is 23.5 Å². The molecule has 4 N–H and O–H groups in total. The molecule has 0 unspecified atom stereocenters. The van der Waals surface area contributed by atoms with Crippen LogP contribution in [0.25, 0.3) is 6.08 Å². The van der Waals surface area contributed by atoms with Crippen molar-refractivity contribution in [3.63, 3.8) is 0 Å². The number of aromatic nitrogens is 2. The van der Waals surface area contributed by atoms with E-state index < -0.39 is 5.79 Å². The number of rotatable bonds is 8. The SMILES string of the molecule is Cc1nc(N)[nH]c(=O)c1CCCNc1ccc(/C=C\C2(CCl)OCCO2)cc1. The number of ether oxygens (including phenoxy) is 2. The minimum Gasteiger partial charge on any atom is -0.385 e. The molecule has 0 bridgehead atoms. The van der Waals surface area contributed by atoms with Crippen LogP contribution in [0.3, 0.4) is 0 Å². The Bertz CT molecular complexity index is 874. The maximum absolute atomic E-state index is 11.9. The van der Waals surface area contributed by atoms with Gasteiger partial charge in [-0.05, 0) is 43.5 Å². The molecule has 3 rings (SSSR count). The Kier molecular flexibility index (Phi) is 6.72. The van der Waals surface area contributed by atoms with Crippen LogP contribution in [0.2, 0.25) is 0 Å². The number of anilines is 2.